The van der Waals surface area contributed by atoms with Gasteiger partial charge in [0.15, 0.2) is 0 Å². The Hall–Kier alpha value is -0.570. The molecule has 1 aliphatic heterocycles. The predicted molar refractivity (Wildman–Crippen MR) is 46.9 cm³/mol. The number of esters is 1. The van der Waals surface area contributed by atoms with Crippen molar-refractivity contribution in [3.8, 4) is 0 Å². The lowest BCUT2D eigenvalue weighted by molar-refractivity contribution is -0.146. The van der Waals surface area contributed by atoms with Crippen molar-refractivity contribution in [2.24, 2.45) is 0 Å². The van der Waals surface area contributed by atoms with Crippen molar-refractivity contribution in [2.75, 3.05) is 20.2 Å². The Morgan fingerprint density at radius 1 is 1.50 bits per heavy atom. The van der Waals surface area contributed by atoms with E-state index in [4.69, 9.17) is 4.74 Å². The Morgan fingerprint density at radius 2 is 2.08 bits per heavy atom. The quantitative estimate of drug-likeness (QED) is 0.594. The van der Waals surface area contributed by atoms with E-state index in [1.807, 2.05) is 6.92 Å². The highest BCUT2D eigenvalue weighted by Crippen LogP contribution is 2.14. The molecular formula is C9H17NO2. The van der Waals surface area contributed by atoms with Gasteiger partial charge in [-0.2, -0.15) is 0 Å². The summed E-state index contributed by atoms with van der Waals surface area (Å²) >= 11 is 0. The third-order valence-electron chi connectivity index (χ3n) is 2.44. The molecule has 0 amide bonds. The molecule has 1 saturated heterocycles. The number of methoxy groups -OCH3 is 1. The first-order valence-corrected chi connectivity index (χ1v) is 4.61. The van der Waals surface area contributed by atoms with E-state index in [1.165, 1.54) is 20.0 Å². The Balaban J connectivity index is 2.48. The van der Waals surface area contributed by atoms with E-state index < -0.39 is 0 Å². The SMILES string of the molecule is CC[C@H](C(=O)OC)N1CCCC1. The van der Waals surface area contributed by atoms with Crippen LogP contribution in [0.1, 0.15) is 26.2 Å². The van der Waals surface area contributed by atoms with Gasteiger partial charge in [0, 0.05) is 0 Å². The number of rotatable bonds is 3. The third kappa shape index (κ3) is 1.97. The summed E-state index contributed by atoms with van der Waals surface area (Å²) in [5.41, 5.74) is 0. The highest BCUT2D eigenvalue weighted by Gasteiger charge is 2.26. The summed E-state index contributed by atoms with van der Waals surface area (Å²) in [5.74, 6) is -0.0839. The smallest absolute Gasteiger partial charge is 0.323 e. The number of carbonyl (C=O) groups excluding carboxylic acids is 1. The van der Waals surface area contributed by atoms with Crippen LogP contribution in [0, 0.1) is 0 Å². The van der Waals surface area contributed by atoms with Crippen LogP contribution in [-0.2, 0) is 9.53 Å². The van der Waals surface area contributed by atoms with Crippen LogP contribution in [0.3, 0.4) is 0 Å². The van der Waals surface area contributed by atoms with Crippen molar-refractivity contribution in [3.05, 3.63) is 0 Å². The van der Waals surface area contributed by atoms with Gasteiger partial charge in [0.1, 0.15) is 6.04 Å². The molecule has 0 aromatic rings. The van der Waals surface area contributed by atoms with Gasteiger partial charge in [-0.1, -0.05) is 6.92 Å². The van der Waals surface area contributed by atoms with Gasteiger partial charge in [0.25, 0.3) is 0 Å². The molecule has 0 aliphatic carbocycles. The van der Waals surface area contributed by atoms with Crippen molar-refractivity contribution in [3.63, 3.8) is 0 Å². The summed E-state index contributed by atoms with van der Waals surface area (Å²) in [5, 5.41) is 0. The lowest BCUT2D eigenvalue weighted by Crippen LogP contribution is -2.39. The first-order chi connectivity index (χ1) is 5.79. The molecule has 0 N–H and O–H groups in total. The Morgan fingerprint density at radius 3 is 2.50 bits per heavy atom. The van der Waals surface area contributed by atoms with E-state index in [-0.39, 0.29) is 12.0 Å². The number of hydrogen-bond acceptors (Lipinski definition) is 3. The van der Waals surface area contributed by atoms with Gasteiger partial charge in [-0.3, -0.25) is 9.69 Å². The molecule has 0 bridgehead atoms. The van der Waals surface area contributed by atoms with Crippen molar-refractivity contribution in [2.45, 2.75) is 32.2 Å². The molecule has 1 fully saturated rings. The van der Waals surface area contributed by atoms with E-state index in [9.17, 15) is 4.79 Å². The minimum Gasteiger partial charge on any atom is -0.468 e. The van der Waals surface area contributed by atoms with Gasteiger partial charge in [-0.15, -0.1) is 0 Å². The van der Waals surface area contributed by atoms with E-state index in [0.29, 0.717) is 0 Å². The number of carbonyl (C=O) groups is 1. The zero-order chi connectivity index (χ0) is 8.97. The van der Waals surface area contributed by atoms with E-state index in [1.54, 1.807) is 0 Å². The highest BCUT2D eigenvalue weighted by molar-refractivity contribution is 5.75. The van der Waals surface area contributed by atoms with Crippen LogP contribution in [0.25, 0.3) is 0 Å². The summed E-state index contributed by atoms with van der Waals surface area (Å²) in [7, 11) is 1.46. The largest absolute Gasteiger partial charge is 0.468 e. The summed E-state index contributed by atoms with van der Waals surface area (Å²) in [6.07, 6.45) is 3.29. The van der Waals surface area contributed by atoms with Crippen LogP contribution >= 0.6 is 0 Å². The lowest BCUT2D eigenvalue weighted by Gasteiger charge is -2.23. The molecule has 0 radical (unpaired) electrons. The molecular weight excluding hydrogens is 154 g/mol. The molecule has 0 unspecified atom stereocenters. The summed E-state index contributed by atoms with van der Waals surface area (Å²) < 4.78 is 4.74. The maximum atomic E-state index is 11.3. The van der Waals surface area contributed by atoms with Crippen LogP contribution in [-0.4, -0.2) is 37.1 Å². The molecule has 1 rings (SSSR count). The van der Waals surface area contributed by atoms with Gasteiger partial charge in [-0.05, 0) is 32.4 Å². The summed E-state index contributed by atoms with van der Waals surface area (Å²) in [6.45, 7) is 4.13. The number of ether oxygens (including phenoxy) is 1. The fourth-order valence-electron chi connectivity index (χ4n) is 1.76. The molecule has 0 saturated carbocycles. The zero-order valence-corrected chi connectivity index (χ0v) is 7.88. The van der Waals surface area contributed by atoms with E-state index >= 15 is 0 Å². The standard InChI is InChI=1S/C9H17NO2/c1-3-8(9(11)12-2)10-6-4-5-7-10/h8H,3-7H2,1-2H3/t8-/m1/s1. The van der Waals surface area contributed by atoms with E-state index in [0.717, 1.165) is 19.5 Å². The molecule has 70 valence electrons. The van der Waals surface area contributed by atoms with Crippen LogP contribution in [0.15, 0.2) is 0 Å². The van der Waals surface area contributed by atoms with Crippen molar-refractivity contribution >= 4 is 5.97 Å². The summed E-state index contributed by atoms with van der Waals surface area (Å²) in [6, 6.07) is -0.00231. The summed E-state index contributed by atoms with van der Waals surface area (Å²) in [4.78, 5) is 13.5. The predicted octanol–water partition coefficient (Wildman–Crippen LogP) is 1.03. The van der Waals surface area contributed by atoms with Crippen molar-refractivity contribution < 1.29 is 9.53 Å². The topological polar surface area (TPSA) is 29.5 Å². The molecule has 1 atom stereocenters. The molecule has 3 heteroatoms. The maximum absolute atomic E-state index is 11.3. The second-order valence-electron chi connectivity index (χ2n) is 3.19. The van der Waals surface area contributed by atoms with Gasteiger partial charge < -0.3 is 4.74 Å². The Bertz CT molecular complexity index is 153. The number of nitrogens with zero attached hydrogens (tertiary/aromatic N) is 1. The monoisotopic (exact) mass is 171 g/mol. The van der Waals surface area contributed by atoms with Crippen LogP contribution in [0.2, 0.25) is 0 Å². The molecule has 0 aromatic carbocycles. The molecule has 0 aromatic heterocycles. The van der Waals surface area contributed by atoms with E-state index in [2.05, 4.69) is 4.90 Å². The molecule has 1 aliphatic rings. The molecule has 3 nitrogen and oxygen atoms in total. The Kier molecular flexibility index (Phi) is 3.53. The van der Waals surface area contributed by atoms with Gasteiger partial charge in [0.2, 0.25) is 0 Å². The van der Waals surface area contributed by atoms with Crippen LogP contribution < -0.4 is 0 Å². The normalized spacial score (nSPS) is 20.8. The lowest BCUT2D eigenvalue weighted by atomic mass is 10.2. The van der Waals surface area contributed by atoms with Crippen LogP contribution in [0.4, 0.5) is 0 Å². The fourth-order valence-corrected chi connectivity index (χ4v) is 1.76. The number of hydrogen-bond donors (Lipinski definition) is 0. The van der Waals surface area contributed by atoms with Gasteiger partial charge >= 0.3 is 5.97 Å². The third-order valence-corrected chi connectivity index (χ3v) is 2.44. The minimum atomic E-state index is -0.0839. The number of likely N-dealkylation sites (tertiary alicyclic amines) is 1. The maximum Gasteiger partial charge on any atom is 0.323 e. The minimum absolute atomic E-state index is 0.00231. The van der Waals surface area contributed by atoms with Crippen molar-refractivity contribution in [1.82, 2.24) is 4.90 Å². The highest BCUT2D eigenvalue weighted by atomic mass is 16.5. The van der Waals surface area contributed by atoms with Crippen LogP contribution in [0.5, 0.6) is 0 Å². The molecule has 1 heterocycles. The Labute approximate surface area is 73.7 Å². The van der Waals surface area contributed by atoms with Crippen molar-refractivity contribution in [1.29, 1.82) is 0 Å². The molecule has 12 heavy (non-hydrogen) atoms. The average molecular weight is 171 g/mol. The van der Waals surface area contributed by atoms with Gasteiger partial charge in [0.05, 0.1) is 7.11 Å². The zero-order valence-electron chi connectivity index (χ0n) is 7.88. The fraction of sp³-hybridized carbons (Fsp3) is 0.889. The average Bonchev–Trinajstić information content (AvgIpc) is 2.58. The first kappa shape index (κ1) is 9.52. The molecule has 0 spiro atoms. The first-order valence-electron chi connectivity index (χ1n) is 4.61. The van der Waals surface area contributed by atoms with Gasteiger partial charge in [-0.25, -0.2) is 0 Å². The second kappa shape index (κ2) is 4.45. The second-order valence-corrected chi connectivity index (χ2v) is 3.19.